The highest BCUT2D eigenvalue weighted by atomic mass is 35.5. The molecule has 1 aromatic carbocycles. The van der Waals surface area contributed by atoms with Gasteiger partial charge < -0.3 is 10.1 Å². The summed E-state index contributed by atoms with van der Waals surface area (Å²) in [7, 11) is 1.30. The van der Waals surface area contributed by atoms with Gasteiger partial charge in [-0.3, -0.25) is 4.98 Å². The van der Waals surface area contributed by atoms with Crippen molar-refractivity contribution in [3.8, 4) is 11.3 Å². The van der Waals surface area contributed by atoms with E-state index in [1.807, 2.05) is 6.92 Å². The second-order valence-electron chi connectivity index (χ2n) is 6.04. The molecule has 2 heterocycles. The number of halogens is 2. The normalized spacial score (nSPS) is 10.4. The van der Waals surface area contributed by atoms with Crippen LogP contribution in [0.25, 0.3) is 16.8 Å². The largest absolute Gasteiger partial charge is 0.465 e. The third-order valence-corrected chi connectivity index (χ3v) is 4.27. The summed E-state index contributed by atoms with van der Waals surface area (Å²) in [5.41, 5.74) is 2.92. The van der Waals surface area contributed by atoms with Crippen molar-refractivity contribution < 1.29 is 13.9 Å². The number of allylic oxidation sites excluding steroid dienone is 1. The van der Waals surface area contributed by atoms with E-state index < -0.39 is 11.8 Å². The van der Waals surface area contributed by atoms with Crippen LogP contribution in [0.5, 0.6) is 0 Å². The third kappa shape index (κ3) is 4.02. The van der Waals surface area contributed by atoms with Crippen molar-refractivity contribution in [3.63, 3.8) is 0 Å². The predicted molar refractivity (Wildman–Crippen MR) is 108 cm³/mol. The summed E-state index contributed by atoms with van der Waals surface area (Å²) in [6, 6.07) is 9.15. The number of carbonyl (C=O) groups is 1. The van der Waals surface area contributed by atoms with E-state index in [4.69, 9.17) is 16.3 Å². The highest BCUT2D eigenvalue weighted by Crippen LogP contribution is 2.32. The minimum atomic E-state index is -0.525. The SMILES string of the molecule is C=C(C)c1cnc(-c2cc(Cl)ccc2F)cc1Nc1ncccc1C(=O)OC. The second-order valence-corrected chi connectivity index (χ2v) is 6.47. The molecule has 0 fully saturated rings. The fourth-order valence-corrected chi connectivity index (χ4v) is 2.82. The summed E-state index contributed by atoms with van der Waals surface area (Å²) in [4.78, 5) is 20.6. The quantitative estimate of drug-likeness (QED) is 0.576. The van der Waals surface area contributed by atoms with Crippen LogP contribution in [-0.4, -0.2) is 23.0 Å². The molecule has 2 aromatic heterocycles. The summed E-state index contributed by atoms with van der Waals surface area (Å²) in [5.74, 6) is -0.665. The molecule has 0 aliphatic rings. The van der Waals surface area contributed by atoms with E-state index in [-0.39, 0.29) is 11.1 Å². The van der Waals surface area contributed by atoms with Crippen molar-refractivity contribution in [1.29, 1.82) is 0 Å². The molecule has 0 radical (unpaired) electrons. The highest BCUT2D eigenvalue weighted by Gasteiger charge is 2.16. The number of hydrogen-bond donors (Lipinski definition) is 1. The van der Waals surface area contributed by atoms with E-state index in [2.05, 4.69) is 21.9 Å². The molecule has 5 nitrogen and oxygen atoms in total. The fourth-order valence-electron chi connectivity index (χ4n) is 2.65. The molecular formula is C21H17ClFN3O2. The van der Waals surface area contributed by atoms with Crippen LogP contribution < -0.4 is 5.32 Å². The van der Waals surface area contributed by atoms with E-state index in [9.17, 15) is 9.18 Å². The number of ether oxygens (including phenoxy) is 1. The smallest absolute Gasteiger partial charge is 0.341 e. The van der Waals surface area contributed by atoms with Gasteiger partial charge in [-0.25, -0.2) is 14.2 Å². The number of nitrogens with zero attached hydrogens (tertiary/aromatic N) is 2. The van der Waals surface area contributed by atoms with Crippen molar-refractivity contribution in [2.75, 3.05) is 12.4 Å². The first-order chi connectivity index (χ1) is 13.4. The Balaban J connectivity index is 2.11. The number of pyridine rings is 2. The Morgan fingerprint density at radius 2 is 2.00 bits per heavy atom. The van der Waals surface area contributed by atoms with Crippen LogP contribution in [0, 0.1) is 5.82 Å². The first kappa shape index (κ1) is 19.5. The van der Waals surface area contributed by atoms with Crippen molar-refractivity contribution in [2.45, 2.75) is 6.92 Å². The number of carbonyl (C=O) groups excluding carboxylic acids is 1. The molecule has 0 spiro atoms. The lowest BCUT2D eigenvalue weighted by atomic mass is 10.0. The summed E-state index contributed by atoms with van der Waals surface area (Å²) in [5, 5.41) is 3.51. The number of rotatable bonds is 5. The summed E-state index contributed by atoms with van der Waals surface area (Å²) < 4.78 is 19.1. The predicted octanol–water partition coefficient (Wildman–Crippen LogP) is 5.50. The van der Waals surface area contributed by atoms with Gasteiger partial charge in [0, 0.05) is 28.5 Å². The van der Waals surface area contributed by atoms with Crippen molar-refractivity contribution >= 4 is 34.6 Å². The monoisotopic (exact) mass is 397 g/mol. The molecule has 0 atom stereocenters. The average molecular weight is 398 g/mol. The van der Waals surface area contributed by atoms with Crippen LogP contribution in [0.1, 0.15) is 22.8 Å². The molecule has 1 N–H and O–H groups in total. The van der Waals surface area contributed by atoms with Gasteiger partial charge in [-0.1, -0.05) is 18.2 Å². The molecule has 0 bridgehead atoms. The number of esters is 1. The van der Waals surface area contributed by atoms with Gasteiger partial charge in [-0.15, -0.1) is 0 Å². The Hall–Kier alpha value is -3.25. The van der Waals surface area contributed by atoms with E-state index in [0.717, 1.165) is 5.57 Å². The Morgan fingerprint density at radius 3 is 2.71 bits per heavy atom. The Labute approximate surface area is 166 Å². The van der Waals surface area contributed by atoms with E-state index in [1.54, 1.807) is 30.6 Å². The number of aromatic nitrogens is 2. The first-order valence-electron chi connectivity index (χ1n) is 8.32. The van der Waals surface area contributed by atoms with Gasteiger partial charge in [0.25, 0.3) is 0 Å². The van der Waals surface area contributed by atoms with Gasteiger partial charge in [-0.2, -0.15) is 0 Å². The van der Waals surface area contributed by atoms with Gasteiger partial charge in [0.1, 0.15) is 17.2 Å². The molecule has 0 amide bonds. The van der Waals surface area contributed by atoms with Crippen LogP contribution in [0.3, 0.4) is 0 Å². The second kappa shape index (κ2) is 8.19. The summed E-state index contributed by atoms with van der Waals surface area (Å²) in [6.45, 7) is 5.77. The van der Waals surface area contributed by atoms with Crippen LogP contribution in [0.15, 0.2) is 55.4 Å². The van der Waals surface area contributed by atoms with Gasteiger partial charge >= 0.3 is 5.97 Å². The highest BCUT2D eigenvalue weighted by molar-refractivity contribution is 6.30. The Bertz CT molecular complexity index is 1070. The molecule has 28 heavy (non-hydrogen) atoms. The van der Waals surface area contributed by atoms with E-state index in [1.165, 1.54) is 25.3 Å². The summed E-state index contributed by atoms with van der Waals surface area (Å²) in [6.07, 6.45) is 3.13. The Morgan fingerprint density at radius 1 is 1.21 bits per heavy atom. The van der Waals surface area contributed by atoms with Gasteiger partial charge in [0.2, 0.25) is 0 Å². The number of anilines is 2. The maximum atomic E-state index is 14.3. The van der Waals surface area contributed by atoms with Gasteiger partial charge in [-0.05, 0) is 48.9 Å². The zero-order valence-corrected chi connectivity index (χ0v) is 16.0. The lowest BCUT2D eigenvalue weighted by molar-refractivity contribution is 0.0601. The lowest BCUT2D eigenvalue weighted by Gasteiger charge is -2.15. The standard InChI is InChI=1S/C21H17ClFN3O2/c1-12(2)16-11-25-18(15-9-13(22)6-7-17(15)23)10-19(16)26-20-14(21(27)28-3)5-4-8-24-20/h4-11H,1H2,2-3H3,(H,24,25,26). The fraction of sp³-hybridized carbons (Fsp3) is 0.0952. The molecule has 0 unspecified atom stereocenters. The van der Waals surface area contributed by atoms with Crippen molar-refractivity contribution in [1.82, 2.24) is 9.97 Å². The average Bonchev–Trinajstić information content (AvgIpc) is 2.69. The van der Waals surface area contributed by atoms with Crippen molar-refractivity contribution in [2.24, 2.45) is 0 Å². The number of hydrogen-bond acceptors (Lipinski definition) is 5. The number of benzene rings is 1. The van der Waals surface area contributed by atoms with Crippen molar-refractivity contribution in [3.05, 3.63) is 77.3 Å². The van der Waals surface area contributed by atoms with Crippen LogP contribution in [-0.2, 0) is 4.74 Å². The molecule has 3 aromatic rings. The molecular weight excluding hydrogens is 381 g/mol. The van der Waals surface area contributed by atoms with Gasteiger partial charge in [0.15, 0.2) is 0 Å². The zero-order chi connectivity index (χ0) is 20.3. The molecule has 0 saturated carbocycles. The number of methoxy groups -OCH3 is 1. The topological polar surface area (TPSA) is 64.1 Å². The van der Waals surface area contributed by atoms with Gasteiger partial charge in [0.05, 0.1) is 18.5 Å². The minimum absolute atomic E-state index is 0.262. The summed E-state index contributed by atoms with van der Waals surface area (Å²) >= 11 is 6.00. The molecule has 0 saturated heterocycles. The van der Waals surface area contributed by atoms with Crippen LogP contribution in [0.4, 0.5) is 15.9 Å². The molecule has 3 rings (SSSR count). The van der Waals surface area contributed by atoms with E-state index >= 15 is 0 Å². The Kier molecular flexibility index (Phi) is 5.70. The molecule has 7 heteroatoms. The molecule has 0 aliphatic carbocycles. The van der Waals surface area contributed by atoms with E-state index in [0.29, 0.717) is 27.8 Å². The molecule has 142 valence electrons. The maximum Gasteiger partial charge on any atom is 0.341 e. The maximum absolute atomic E-state index is 14.3. The first-order valence-corrected chi connectivity index (χ1v) is 8.70. The molecule has 0 aliphatic heterocycles. The van der Waals surface area contributed by atoms with Crippen LogP contribution in [0.2, 0.25) is 5.02 Å². The minimum Gasteiger partial charge on any atom is -0.465 e. The number of nitrogens with one attached hydrogen (secondary N) is 1. The third-order valence-electron chi connectivity index (χ3n) is 4.03. The zero-order valence-electron chi connectivity index (χ0n) is 15.3. The lowest BCUT2D eigenvalue weighted by Crippen LogP contribution is -2.08. The van der Waals surface area contributed by atoms with Crippen LogP contribution >= 0.6 is 11.6 Å².